The van der Waals surface area contributed by atoms with Crippen LogP contribution in [0.2, 0.25) is 0 Å². The number of unbranched alkanes of at least 4 members (excludes halogenated alkanes) is 2. The molecule has 0 aromatic carbocycles. The van der Waals surface area contributed by atoms with Gasteiger partial charge in [-0.3, -0.25) is 0 Å². The molecule has 0 bridgehead atoms. The number of ether oxygens (including phenoxy) is 1. The van der Waals surface area contributed by atoms with Crippen molar-refractivity contribution in [3.05, 3.63) is 22.7 Å². The zero-order valence-electron chi connectivity index (χ0n) is 12.6. The Kier molecular flexibility index (Phi) is 5.90. The molecule has 8 heteroatoms. The maximum atomic E-state index is 11.4. The Bertz CT molecular complexity index is 523. The van der Waals surface area contributed by atoms with Gasteiger partial charge in [-0.05, 0) is 12.5 Å². The maximum absolute atomic E-state index is 11.4. The van der Waals surface area contributed by atoms with Gasteiger partial charge in [0.25, 0.3) is 0 Å². The fourth-order valence-corrected chi connectivity index (χ4v) is 2.56. The highest BCUT2D eigenvalue weighted by Crippen LogP contribution is 2.27. The quantitative estimate of drug-likeness (QED) is 0.487. The molecule has 1 unspecified atom stereocenters. The van der Waals surface area contributed by atoms with E-state index in [-0.39, 0.29) is 6.61 Å². The summed E-state index contributed by atoms with van der Waals surface area (Å²) in [6.07, 6.45) is 0.247. The van der Waals surface area contributed by atoms with Gasteiger partial charge in [-0.25, -0.2) is 4.79 Å². The molecule has 0 aliphatic carbocycles. The van der Waals surface area contributed by atoms with Gasteiger partial charge in [-0.15, -0.1) is 0 Å². The van der Waals surface area contributed by atoms with E-state index >= 15 is 0 Å². The topological polar surface area (TPSA) is 119 Å². The number of aliphatic hydroxyl groups is 3. The molecule has 1 aromatic heterocycles. The van der Waals surface area contributed by atoms with Gasteiger partial charge in [0.15, 0.2) is 6.23 Å². The molecule has 1 fully saturated rings. The molecule has 0 saturated carbocycles. The monoisotopic (exact) mass is 313 g/mol. The van der Waals surface area contributed by atoms with Crippen molar-refractivity contribution in [2.45, 2.75) is 50.7 Å². The van der Waals surface area contributed by atoms with E-state index in [1.165, 1.54) is 6.20 Å². The number of rotatable bonds is 7. The average molecular weight is 313 g/mol. The number of anilines is 1. The highest BCUT2D eigenvalue weighted by atomic mass is 16.6. The average Bonchev–Trinajstić information content (AvgIpc) is 2.79. The SMILES string of the molecule is CCCCCN(c1cc[nH]c(=O)n1)C1O[C@H](CO)[C@@H](O)[C@@H]1O. The largest absolute Gasteiger partial charge is 0.394 e. The molecule has 2 heterocycles. The van der Waals surface area contributed by atoms with Gasteiger partial charge in [-0.2, -0.15) is 4.98 Å². The minimum absolute atomic E-state index is 0.370. The highest BCUT2D eigenvalue weighted by Gasteiger charge is 2.45. The Morgan fingerprint density at radius 1 is 1.36 bits per heavy atom. The third-order valence-corrected chi connectivity index (χ3v) is 3.78. The summed E-state index contributed by atoms with van der Waals surface area (Å²) in [6, 6.07) is 1.61. The first-order valence-electron chi connectivity index (χ1n) is 7.53. The van der Waals surface area contributed by atoms with Crippen molar-refractivity contribution >= 4 is 5.82 Å². The van der Waals surface area contributed by atoms with Crippen molar-refractivity contribution in [1.82, 2.24) is 9.97 Å². The van der Waals surface area contributed by atoms with E-state index < -0.39 is 30.2 Å². The maximum Gasteiger partial charge on any atom is 0.346 e. The van der Waals surface area contributed by atoms with Crippen LogP contribution in [0.1, 0.15) is 26.2 Å². The molecule has 2 rings (SSSR count). The molecule has 1 aliphatic rings. The lowest BCUT2D eigenvalue weighted by atomic mass is 10.1. The Balaban J connectivity index is 2.22. The molecular formula is C14H23N3O5. The minimum atomic E-state index is -1.18. The second kappa shape index (κ2) is 7.68. The molecule has 0 radical (unpaired) electrons. The van der Waals surface area contributed by atoms with E-state index in [4.69, 9.17) is 4.74 Å². The predicted octanol–water partition coefficient (Wildman–Crippen LogP) is -0.794. The van der Waals surface area contributed by atoms with Crippen molar-refractivity contribution in [1.29, 1.82) is 0 Å². The van der Waals surface area contributed by atoms with Crippen molar-refractivity contribution in [2.75, 3.05) is 18.1 Å². The smallest absolute Gasteiger partial charge is 0.346 e. The van der Waals surface area contributed by atoms with E-state index in [2.05, 4.69) is 16.9 Å². The normalized spacial score (nSPS) is 28.0. The van der Waals surface area contributed by atoms with Crippen LogP contribution in [0.4, 0.5) is 5.82 Å². The zero-order chi connectivity index (χ0) is 16.1. The highest BCUT2D eigenvalue weighted by molar-refractivity contribution is 5.38. The summed E-state index contributed by atoms with van der Waals surface area (Å²) >= 11 is 0. The van der Waals surface area contributed by atoms with Gasteiger partial charge >= 0.3 is 5.69 Å². The fraction of sp³-hybridized carbons (Fsp3) is 0.714. The molecular weight excluding hydrogens is 290 g/mol. The van der Waals surface area contributed by atoms with Crippen LogP contribution in [0.3, 0.4) is 0 Å². The van der Waals surface area contributed by atoms with Crippen LogP contribution in [-0.4, -0.2) is 63.0 Å². The summed E-state index contributed by atoms with van der Waals surface area (Å²) in [5.74, 6) is 0.370. The van der Waals surface area contributed by atoms with Crippen LogP contribution >= 0.6 is 0 Å². The van der Waals surface area contributed by atoms with E-state index in [0.717, 1.165) is 19.3 Å². The summed E-state index contributed by atoms with van der Waals surface area (Å²) in [6.45, 7) is 2.21. The molecule has 1 aliphatic heterocycles. The number of hydrogen-bond donors (Lipinski definition) is 4. The van der Waals surface area contributed by atoms with Crippen LogP contribution in [-0.2, 0) is 4.74 Å². The van der Waals surface area contributed by atoms with E-state index in [1.807, 2.05) is 0 Å². The molecule has 4 N–H and O–H groups in total. The van der Waals surface area contributed by atoms with E-state index in [1.54, 1.807) is 11.0 Å². The molecule has 0 spiro atoms. The molecule has 4 atom stereocenters. The van der Waals surface area contributed by atoms with E-state index in [0.29, 0.717) is 12.4 Å². The molecule has 22 heavy (non-hydrogen) atoms. The lowest BCUT2D eigenvalue weighted by molar-refractivity contribution is -0.0227. The van der Waals surface area contributed by atoms with Crippen LogP contribution in [0.25, 0.3) is 0 Å². The summed E-state index contributed by atoms with van der Waals surface area (Å²) in [5, 5.41) is 29.3. The standard InChI is InChI=1S/C14H23N3O5/c1-2-3-4-7-17(10-5-6-15-14(21)16-10)13-12(20)11(19)9(8-18)22-13/h5-6,9,11-13,18-20H,2-4,7-8H2,1H3,(H,15,16,21)/t9-,11-,12+,13?/m1/s1. The van der Waals surface area contributed by atoms with Crippen molar-refractivity contribution in [3.8, 4) is 0 Å². The summed E-state index contributed by atoms with van der Waals surface area (Å²) in [7, 11) is 0. The van der Waals surface area contributed by atoms with Gasteiger partial charge in [0, 0.05) is 12.7 Å². The number of H-pyrrole nitrogens is 1. The van der Waals surface area contributed by atoms with E-state index in [9.17, 15) is 20.1 Å². The summed E-state index contributed by atoms with van der Waals surface area (Å²) in [4.78, 5) is 19.4. The van der Waals surface area contributed by atoms with Gasteiger partial charge in [-0.1, -0.05) is 19.8 Å². The molecule has 1 aromatic rings. The van der Waals surface area contributed by atoms with Gasteiger partial charge < -0.3 is 29.9 Å². The first kappa shape index (κ1) is 16.9. The zero-order valence-corrected chi connectivity index (χ0v) is 12.6. The number of hydrogen-bond acceptors (Lipinski definition) is 7. The third kappa shape index (κ3) is 3.64. The lowest BCUT2D eigenvalue weighted by Gasteiger charge is -2.31. The number of aromatic amines is 1. The first-order valence-corrected chi connectivity index (χ1v) is 7.53. The molecule has 1 saturated heterocycles. The van der Waals surface area contributed by atoms with Crippen LogP contribution in [0, 0.1) is 0 Å². The Morgan fingerprint density at radius 2 is 2.14 bits per heavy atom. The summed E-state index contributed by atoms with van der Waals surface area (Å²) in [5.41, 5.74) is -0.496. The second-order valence-electron chi connectivity index (χ2n) is 5.38. The number of nitrogens with zero attached hydrogens (tertiary/aromatic N) is 2. The van der Waals surface area contributed by atoms with Gasteiger partial charge in [0.2, 0.25) is 0 Å². The first-order chi connectivity index (χ1) is 10.6. The lowest BCUT2D eigenvalue weighted by Crippen LogP contribution is -2.45. The predicted molar refractivity (Wildman–Crippen MR) is 79.5 cm³/mol. The van der Waals surface area contributed by atoms with Gasteiger partial charge in [0.05, 0.1) is 6.61 Å². The second-order valence-corrected chi connectivity index (χ2v) is 5.38. The number of aliphatic hydroxyl groups excluding tert-OH is 3. The molecule has 0 amide bonds. The Labute approximate surface area is 128 Å². The van der Waals surface area contributed by atoms with Crippen molar-refractivity contribution in [2.24, 2.45) is 0 Å². The third-order valence-electron chi connectivity index (χ3n) is 3.78. The van der Waals surface area contributed by atoms with Crippen LogP contribution < -0.4 is 10.6 Å². The Morgan fingerprint density at radius 3 is 2.73 bits per heavy atom. The number of nitrogens with one attached hydrogen (secondary N) is 1. The minimum Gasteiger partial charge on any atom is -0.394 e. The molecule has 8 nitrogen and oxygen atoms in total. The summed E-state index contributed by atoms with van der Waals surface area (Å²) < 4.78 is 5.55. The van der Waals surface area contributed by atoms with Crippen molar-refractivity contribution in [3.63, 3.8) is 0 Å². The molecule has 124 valence electrons. The Hall–Kier alpha value is -1.48. The van der Waals surface area contributed by atoms with Crippen molar-refractivity contribution < 1.29 is 20.1 Å². The van der Waals surface area contributed by atoms with Gasteiger partial charge in [0.1, 0.15) is 24.1 Å². The fourth-order valence-electron chi connectivity index (χ4n) is 2.56. The van der Waals surface area contributed by atoms with Crippen LogP contribution in [0.5, 0.6) is 0 Å². The number of aromatic nitrogens is 2. The van der Waals surface area contributed by atoms with Crippen LogP contribution in [0.15, 0.2) is 17.1 Å².